The molecule has 1 rings (SSSR count). The van der Waals surface area contributed by atoms with Gasteiger partial charge in [0.1, 0.15) is 0 Å². The third kappa shape index (κ3) is 3.29. The van der Waals surface area contributed by atoms with Crippen molar-refractivity contribution >= 4 is 5.91 Å². The molecule has 1 fully saturated rings. The molecule has 1 saturated carbocycles. The van der Waals surface area contributed by atoms with Crippen molar-refractivity contribution in [2.45, 2.75) is 45.6 Å². The van der Waals surface area contributed by atoms with Gasteiger partial charge in [0.05, 0.1) is 6.04 Å². The fraction of sp³-hybridized carbons (Fsp3) is 0.909. The molecular weight excluding hydrogens is 176 g/mol. The molecule has 0 bridgehead atoms. The van der Waals surface area contributed by atoms with Gasteiger partial charge in [-0.15, -0.1) is 0 Å². The van der Waals surface area contributed by atoms with Crippen LogP contribution < -0.4 is 11.1 Å². The molecule has 3 heteroatoms. The highest BCUT2D eigenvalue weighted by Gasteiger charge is 2.21. The Hall–Kier alpha value is -0.570. The summed E-state index contributed by atoms with van der Waals surface area (Å²) in [6.45, 7) is 4.81. The van der Waals surface area contributed by atoms with Gasteiger partial charge >= 0.3 is 0 Å². The third-order valence-electron chi connectivity index (χ3n) is 3.24. The maximum Gasteiger partial charge on any atom is 0.236 e. The van der Waals surface area contributed by atoms with Crippen molar-refractivity contribution in [2.75, 3.05) is 6.54 Å². The Balaban J connectivity index is 2.26. The lowest BCUT2D eigenvalue weighted by atomic mass is 9.80. The highest BCUT2D eigenvalue weighted by atomic mass is 16.2. The van der Waals surface area contributed by atoms with Crippen molar-refractivity contribution in [3.05, 3.63) is 0 Å². The topological polar surface area (TPSA) is 55.1 Å². The van der Waals surface area contributed by atoms with Gasteiger partial charge in [0.25, 0.3) is 0 Å². The molecule has 1 amide bonds. The molecule has 0 saturated heterocycles. The fourth-order valence-electron chi connectivity index (χ4n) is 2.09. The summed E-state index contributed by atoms with van der Waals surface area (Å²) in [4.78, 5) is 11.3. The number of hydrogen-bond acceptors (Lipinski definition) is 2. The largest absolute Gasteiger partial charge is 0.354 e. The van der Waals surface area contributed by atoms with Crippen molar-refractivity contribution in [3.8, 4) is 0 Å². The standard InChI is InChI=1S/C11H22N2O/c1-8-5-3-4-6-10(8)7-13-11(14)9(2)12/h8-10H,3-7,12H2,1-2H3,(H,13,14)/t8?,9-,10?/m0/s1. The van der Waals surface area contributed by atoms with E-state index in [1.54, 1.807) is 6.92 Å². The lowest BCUT2D eigenvalue weighted by Crippen LogP contribution is -2.41. The van der Waals surface area contributed by atoms with E-state index in [1.807, 2.05) is 0 Å². The first-order valence-corrected chi connectivity index (χ1v) is 5.64. The van der Waals surface area contributed by atoms with Crippen molar-refractivity contribution in [1.82, 2.24) is 5.32 Å². The van der Waals surface area contributed by atoms with E-state index in [4.69, 9.17) is 5.73 Å². The Labute approximate surface area is 86.4 Å². The maximum atomic E-state index is 11.3. The van der Waals surface area contributed by atoms with Crippen LogP contribution in [-0.4, -0.2) is 18.5 Å². The van der Waals surface area contributed by atoms with Crippen LogP contribution in [-0.2, 0) is 4.79 Å². The predicted molar refractivity (Wildman–Crippen MR) is 57.8 cm³/mol. The zero-order valence-corrected chi connectivity index (χ0v) is 9.25. The Morgan fingerprint density at radius 2 is 2.14 bits per heavy atom. The van der Waals surface area contributed by atoms with Crippen LogP contribution in [0.15, 0.2) is 0 Å². The summed E-state index contributed by atoms with van der Waals surface area (Å²) < 4.78 is 0. The molecule has 0 aliphatic heterocycles. The second kappa shape index (κ2) is 5.35. The number of carbonyl (C=O) groups excluding carboxylic acids is 1. The number of carbonyl (C=O) groups is 1. The second-order valence-electron chi connectivity index (χ2n) is 4.56. The molecule has 0 spiro atoms. The highest BCUT2D eigenvalue weighted by molar-refractivity contribution is 5.80. The van der Waals surface area contributed by atoms with Crippen LogP contribution in [0.25, 0.3) is 0 Å². The molecule has 0 aromatic carbocycles. The number of hydrogen-bond donors (Lipinski definition) is 2. The minimum Gasteiger partial charge on any atom is -0.354 e. The van der Waals surface area contributed by atoms with E-state index in [-0.39, 0.29) is 11.9 Å². The van der Waals surface area contributed by atoms with E-state index in [1.165, 1.54) is 25.7 Å². The van der Waals surface area contributed by atoms with Gasteiger partial charge in [0, 0.05) is 6.54 Å². The smallest absolute Gasteiger partial charge is 0.236 e. The van der Waals surface area contributed by atoms with Crippen molar-refractivity contribution in [3.63, 3.8) is 0 Å². The number of nitrogens with one attached hydrogen (secondary N) is 1. The Morgan fingerprint density at radius 3 is 2.71 bits per heavy atom. The van der Waals surface area contributed by atoms with Gasteiger partial charge in [-0.25, -0.2) is 0 Å². The summed E-state index contributed by atoms with van der Waals surface area (Å²) in [6, 6.07) is -0.381. The van der Waals surface area contributed by atoms with Gasteiger partial charge in [-0.05, 0) is 25.2 Å². The predicted octanol–water partition coefficient (Wildman–Crippen LogP) is 1.28. The first-order valence-electron chi connectivity index (χ1n) is 5.64. The average Bonchev–Trinajstić information content (AvgIpc) is 2.16. The SMILES string of the molecule is CC1CCCCC1CNC(=O)[C@H](C)N. The normalized spacial score (nSPS) is 29.6. The molecule has 0 aromatic rings. The van der Waals surface area contributed by atoms with Crippen LogP contribution in [0.4, 0.5) is 0 Å². The van der Waals surface area contributed by atoms with Crippen LogP contribution >= 0.6 is 0 Å². The van der Waals surface area contributed by atoms with Gasteiger partial charge < -0.3 is 11.1 Å². The summed E-state index contributed by atoms with van der Waals surface area (Å²) in [6.07, 6.45) is 5.21. The number of amides is 1. The lowest BCUT2D eigenvalue weighted by Gasteiger charge is -2.29. The van der Waals surface area contributed by atoms with Crippen molar-refractivity contribution < 1.29 is 4.79 Å². The number of nitrogens with two attached hydrogens (primary N) is 1. The van der Waals surface area contributed by atoms with Gasteiger partial charge in [0.15, 0.2) is 0 Å². The Morgan fingerprint density at radius 1 is 1.50 bits per heavy atom. The van der Waals surface area contributed by atoms with E-state index in [9.17, 15) is 4.79 Å². The Bertz CT molecular complexity index is 192. The zero-order chi connectivity index (χ0) is 10.6. The van der Waals surface area contributed by atoms with E-state index in [2.05, 4.69) is 12.2 Å². The minimum absolute atomic E-state index is 0.0252. The molecule has 82 valence electrons. The molecule has 0 heterocycles. The maximum absolute atomic E-state index is 11.3. The van der Waals surface area contributed by atoms with E-state index in [0.29, 0.717) is 5.92 Å². The van der Waals surface area contributed by atoms with Crippen LogP contribution in [0.5, 0.6) is 0 Å². The second-order valence-corrected chi connectivity index (χ2v) is 4.56. The molecule has 3 atom stereocenters. The molecule has 1 aliphatic carbocycles. The van der Waals surface area contributed by atoms with Gasteiger partial charge in [0.2, 0.25) is 5.91 Å². The molecular formula is C11H22N2O. The van der Waals surface area contributed by atoms with Crippen LogP contribution in [0, 0.1) is 11.8 Å². The molecule has 3 nitrogen and oxygen atoms in total. The fourth-order valence-corrected chi connectivity index (χ4v) is 2.09. The Kier molecular flexibility index (Phi) is 4.39. The average molecular weight is 198 g/mol. The van der Waals surface area contributed by atoms with Crippen LogP contribution in [0.2, 0.25) is 0 Å². The van der Waals surface area contributed by atoms with Gasteiger partial charge in [-0.2, -0.15) is 0 Å². The van der Waals surface area contributed by atoms with Crippen LogP contribution in [0.3, 0.4) is 0 Å². The summed E-state index contributed by atoms with van der Waals surface area (Å²) in [7, 11) is 0. The lowest BCUT2D eigenvalue weighted by molar-refractivity contribution is -0.122. The zero-order valence-electron chi connectivity index (χ0n) is 9.25. The summed E-state index contributed by atoms with van der Waals surface area (Å²) >= 11 is 0. The minimum atomic E-state index is -0.381. The molecule has 0 radical (unpaired) electrons. The van der Waals surface area contributed by atoms with Gasteiger partial charge in [-0.1, -0.05) is 26.2 Å². The molecule has 3 N–H and O–H groups in total. The van der Waals surface area contributed by atoms with Crippen molar-refractivity contribution in [2.24, 2.45) is 17.6 Å². The third-order valence-corrected chi connectivity index (χ3v) is 3.24. The summed E-state index contributed by atoms with van der Waals surface area (Å²) in [5, 5.41) is 2.92. The molecule has 1 aliphatic rings. The van der Waals surface area contributed by atoms with E-state index < -0.39 is 0 Å². The number of rotatable bonds is 3. The van der Waals surface area contributed by atoms with Gasteiger partial charge in [-0.3, -0.25) is 4.79 Å². The summed E-state index contributed by atoms with van der Waals surface area (Å²) in [5.74, 6) is 1.38. The first kappa shape index (κ1) is 11.5. The molecule has 0 aromatic heterocycles. The van der Waals surface area contributed by atoms with Crippen molar-refractivity contribution in [1.29, 1.82) is 0 Å². The summed E-state index contributed by atoms with van der Waals surface area (Å²) in [5.41, 5.74) is 5.47. The van der Waals surface area contributed by atoms with Crippen LogP contribution in [0.1, 0.15) is 39.5 Å². The quantitative estimate of drug-likeness (QED) is 0.717. The first-order chi connectivity index (χ1) is 6.61. The van der Waals surface area contributed by atoms with E-state index >= 15 is 0 Å². The monoisotopic (exact) mass is 198 g/mol. The molecule has 2 unspecified atom stereocenters. The highest BCUT2D eigenvalue weighted by Crippen LogP contribution is 2.28. The van der Waals surface area contributed by atoms with E-state index in [0.717, 1.165) is 12.5 Å². The molecule has 14 heavy (non-hydrogen) atoms.